The Bertz CT molecular complexity index is 511. The fourth-order valence-electron chi connectivity index (χ4n) is 2.05. The number of benzene rings is 2. The molecule has 0 saturated heterocycles. The summed E-state index contributed by atoms with van der Waals surface area (Å²) in [4.78, 5) is 0. The Balaban J connectivity index is 2.33. The molecule has 0 aliphatic rings. The third-order valence-corrected chi connectivity index (χ3v) is 3.04. The topological polar surface area (TPSA) is 9.23 Å². The van der Waals surface area contributed by atoms with Crippen LogP contribution in [-0.2, 0) is 6.42 Å². The van der Waals surface area contributed by atoms with Crippen molar-refractivity contribution >= 4 is 0 Å². The average Bonchev–Trinajstić information content (AvgIpc) is 2.45. The third-order valence-electron chi connectivity index (χ3n) is 3.04. The highest BCUT2D eigenvalue weighted by molar-refractivity contribution is 5.68. The lowest BCUT2D eigenvalue weighted by Crippen LogP contribution is -1.89. The minimum atomic E-state index is 0.891. The molecule has 0 aliphatic heterocycles. The molecule has 0 fully saturated rings. The number of aryl methyl sites for hydroxylation is 1. The van der Waals surface area contributed by atoms with Crippen LogP contribution in [0.5, 0.6) is 5.75 Å². The zero-order valence-corrected chi connectivity index (χ0v) is 10.7. The van der Waals surface area contributed by atoms with Crippen molar-refractivity contribution in [2.75, 3.05) is 7.11 Å². The fourth-order valence-corrected chi connectivity index (χ4v) is 2.05. The van der Waals surface area contributed by atoms with E-state index in [9.17, 15) is 0 Å². The summed E-state index contributed by atoms with van der Waals surface area (Å²) in [6.45, 7) is 3.78. The molecule has 2 aromatic rings. The van der Waals surface area contributed by atoms with Crippen molar-refractivity contribution < 1.29 is 4.74 Å². The predicted octanol–water partition coefficient (Wildman–Crippen LogP) is 4.48. The van der Waals surface area contributed by atoms with Crippen LogP contribution in [0.15, 0.2) is 61.2 Å². The zero-order valence-electron chi connectivity index (χ0n) is 10.7. The Kier molecular flexibility index (Phi) is 4.19. The maximum absolute atomic E-state index is 5.19. The lowest BCUT2D eigenvalue weighted by Gasteiger charge is -2.09. The van der Waals surface area contributed by atoms with Gasteiger partial charge in [0.25, 0.3) is 0 Å². The highest BCUT2D eigenvalue weighted by atomic mass is 16.5. The van der Waals surface area contributed by atoms with Gasteiger partial charge in [0.2, 0.25) is 0 Å². The van der Waals surface area contributed by atoms with Gasteiger partial charge in [-0.2, -0.15) is 0 Å². The summed E-state index contributed by atoms with van der Waals surface area (Å²) >= 11 is 0. The number of ether oxygens (including phenoxy) is 1. The lowest BCUT2D eigenvalue weighted by molar-refractivity contribution is 0.415. The second kappa shape index (κ2) is 6.06. The van der Waals surface area contributed by atoms with Crippen molar-refractivity contribution in [2.24, 2.45) is 0 Å². The SMILES string of the molecule is C=CCCc1ccccc1-c1ccc(OC)cc1. The van der Waals surface area contributed by atoms with Crippen molar-refractivity contribution in [3.63, 3.8) is 0 Å². The molecule has 2 aromatic carbocycles. The summed E-state index contributed by atoms with van der Waals surface area (Å²) in [5.74, 6) is 0.891. The van der Waals surface area contributed by atoms with E-state index in [2.05, 4.69) is 43.0 Å². The standard InChI is InChI=1S/C17H18O/c1-3-4-7-14-8-5-6-9-17(14)15-10-12-16(18-2)13-11-15/h3,5-6,8-13H,1,4,7H2,2H3. The van der Waals surface area contributed by atoms with E-state index in [1.54, 1.807) is 7.11 Å². The van der Waals surface area contributed by atoms with Crippen LogP contribution in [0.4, 0.5) is 0 Å². The molecule has 92 valence electrons. The van der Waals surface area contributed by atoms with Gasteiger partial charge in [-0.25, -0.2) is 0 Å². The van der Waals surface area contributed by atoms with Gasteiger partial charge in [-0.15, -0.1) is 6.58 Å². The van der Waals surface area contributed by atoms with Crippen LogP contribution in [0, 0.1) is 0 Å². The minimum absolute atomic E-state index is 0.891. The van der Waals surface area contributed by atoms with Gasteiger partial charge in [0.15, 0.2) is 0 Å². The number of hydrogen-bond donors (Lipinski definition) is 0. The van der Waals surface area contributed by atoms with Crippen molar-refractivity contribution in [3.8, 4) is 16.9 Å². The Labute approximate surface area is 109 Å². The van der Waals surface area contributed by atoms with Gasteiger partial charge in [0, 0.05) is 0 Å². The van der Waals surface area contributed by atoms with Gasteiger partial charge in [0.05, 0.1) is 7.11 Å². The lowest BCUT2D eigenvalue weighted by atomic mass is 9.97. The van der Waals surface area contributed by atoms with Crippen LogP contribution in [-0.4, -0.2) is 7.11 Å². The quantitative estimate of drug-likeness (QED) is 0.698. The van der Waals surface area contributed by atoms with E-state index >= 15 is 0 Å². The first-order valence-corrected chi connectivity index (χ1v) is 6.18. The molecule has 0 amide bonds. The van der Waals surface area contributed by atoms with Crippen LogP contribution in [0.3, 0.4) is 0 Å². The van der Waals surface area contributed by atoms with Crippen LogP contribution < -0.4 is 4.74 Å². The van der Waals surface area contributed by atoms with Crippen molar-refractivity contribution in [1.29, 1.82) is 0 Å². The second-order valence-corrected chi connectivity index (χ2v) is 4.21. The van der Waals surface area contributed by atoms with E-state index in [-0.39, 0.29) is 0 Å². The molecule has 0 bridgehead atoms. The van der Waals surface area contributed by atoms with E-state index in [0.29, 0.717) is 0 Å². The Morgan fingerprint density at radius 1 is 1.06 bits per heavy atom. The normalized spacial score (nSPS) is 10.1. The van der Waals surface area contributed by atoms with E-state index in [0.717, 1.165) is 18.6 Å². The Hall–Kier alpha value is -2.02. The number of allylic oxidation sites excluding steroid dienone is 1. The molecule has 0 N–H and O–H groups in total. The summed E-state index contributed by atoms with van der Waals surface area (Å²) in [5.41, 5.74) is 3.89. The fraction of sp³-hybridized carbons (Fsp3) is 0.176. The first-order valence-electron chi connectivity index (χ1n) is 6.18. The maximum Gasteiger partial charge on any atom is 0.118 e. The van der Waals surface area contributed by atoms with Crippen molar-refractivity contribution in [2.45, 2.75) is 12.8 Å². The molecule has 0 aromatic heterocycles. The number of rotatable bonds is 5. The van der Waals surface area contributed by atoms with Crippen LogP contribution in [0.25, 0.3) is 11.1 Å². The van der Waals surface area contributed by atoms with Gasteiger partial charge in [0.1, 0.15) is 5.75 Å². The first kappa shape index (κ1) is 12.4. The minimum Gasteiger partial charge on any atom is -0.497 e. The van der Waals surface area contributed by atoms with Gasteiger partial charge in [-0.05, 0) is 41.7 Å². The molecule has 1 nitrogen and oxygen atoms in total. The Morgan fingerprint density at radius 2 is 1.78 bits per heavy atom. The number of hydrogen-bond acceptors (Lipinski definition) is 1. The van der Waals surface area contributed by atoms with Crippen LogP contribution in [0.1, 0.15) is 12.0 Å². The molecule has 0 atom stereocenters. The highest BCUT2D eigenvalue weighted by Gasteiger charge is 2.03. The molecule has 0 aliphatic carbocycles. The largest absolute Gasteiger partial charge is 0.497 e. The van der Waals surface area contributed by atoms with Gasteiger partial charge in [-0.3, -0.25) is 0 Å². The summed E-state index contributed by atoms with van der Waals surface area (Å²) in [5, 5.41) is 0. The summed E-state index contributed by atoms with van der Waals surface area (Å²) in [6.07, 6.45) is 4.00. The summed E-state index contributed by atoms with van der Waals surface area (Å²) < 4.78 is 5.19. The molecule has 0 radical (unpaired) electrons. The molecule has 0 spiro atoms. The molecule has 0 heterocycles. The molecule has 0 saturated carbocycles. The van der Waals surface area contributed by atoms with E-state index in [4.69, 9.17) is 4.74 Å². The van der Waals surface area contributed by atoms with Crippen molar-refractivity contribution in [3.05, 3.63) is 66.7 Å². The van der Waals surface area contributed by atoms with E-state index in [1.165, 1.54) is 16.7 Å². The predicted molar refractivity (Wildman–Crippen MR) is 76.9 cm³/mol. The van der Waals surface area contributed by atoms with Gasteiger partial charge < -0.3 is 4.74 Å². The first-order chi connectivity index (χ1) is 8.85. The molecular weight excluding hydrogens is 220 g/mol. The van der Waals surface area contributed by atoms with Gasteiger partial charge >= 0.3 is 0 Å². The van der Waals surface area contributed by atoms with E-state index < -0.39 is 0 Å². The molecule has 0 unspecified atom stereocenters. The monoisotopic (exact) mass is 238 g/mol. The molecule has 1 heteroatoms. The highest BCUT2D eigenvalue weighted by Crippen LogP contribution is 2.26. The van der Waals surface area contributed by atoms with Crippen molar-refractivity contribution in [1.82, 2.24) is 0 Å². The molecule has 18 heavy (non-hydrogen) atoms. The summed E-state index contributed by atoms with van der Waals surface area (Å²) in [7, 11) is 1.69. The molecular formula is C17H18O. The third kappa shape index (κ3) is 2.80. The van der Waals surface area contributed by atoms with Crippen LogP contribution in [0.2, 0.25) is 0 Å². The number of methoxy groups -OCH3 is 1. The summed E-state index contributed by atoms with van der Waals surface area (Å²) in [6, 6.07) is 16.7. The second-order valence-electron chi connectivity index (χ2n) is 4.21. The molecule has 2 rings (SSSR count). The zero-order chi connectivity index (χ0) is 12.8. The smallest absolute Gasteiger partial charge is 0.118 e. The Morgan fingerprint density at radius 3 is 2.44 bits per heavy atom. The average molecular weight is 238 g/mol. The van der Waals surface area contributed by atoms with Gasteiger partial charge in [-0.1, -0.05) is 42.5 Å². The van der Waals surface area contributed by atoms with E-state index in [1.807, 2.05) is 18.2 Å². The van der Waals surface area contributed by atoms with Crippen LogP contribution >= 0.6 is 0 Å². The maximum atomic E-state index is 5.19.